The number of likely N-dealkylation sites (tertiary alicyclic amines) is 1. The Balaban J connectivity index is 1.34. The van der Waals surface area contributed by atoms with Gasteiger partial charge in [-0.25, -0.2) is 4.98 Å². The molecule has 1 saturated heterocycles. The lowest BCUT2D eigenvalue weighted by atomic mass is 9.90. The van der Waals surface area contributed by atoms with Gasteiger partial charge < -0.3 is 9.88 Å². The molecule has 1 fully saturated rings. The maximum atomic E-state index is 12.6. The lowest BCUT2D eigenvalue weighted by Gasteiger charge is -2.32. The number of benzene rings is 2. The van der Waals surface area contributed by atoms with E-state index in [1.807, 2.05) is 17.0 Å². The van der Waals surface area contributed by atoms with Gasteiger partial charge in [-0.1, -0.05) is 30.3 Å². The Kier molecular flexibility index (Phi) is 4.88. The van der Waals surface area contributed by atoms with Crippen molar-refractivity contribution in [2.75, 3.05) is 13.1 Å². The van der Waals surface area contributed by atoms with Crippen LogP contribution < -0.4 is 0 Å². The number of carbonyl (C=O) groups is 1. The van der Waals surface area contributed by atoms with Crippen molar-refractivity contribution in [1.29, 1.82) is 5.26 Å². The molecule has 0 atom stereocenters. The van der Waals surface area contributed by atoms with Crippen LogP contribution in [-0.2, 0) is 17.6 Å². The molecular weight excluding hydrogens is 336 g/mol. The summed E-state index contributed by atoms with van der Waals surface area (Å²) in [6.45, 7) is 1.63. The van der Waals surface area contributed by atoms with Gasteiger partial charge in [-0.2, -0.15) is 5.26 Å². The highest BCUT2D eigenvalue weighted by molar-refractivity contribution is 5.81. The minimum Gasteiger partial charge on any atom is -0.342 e. The van der Waals surface area contributed by atoms with Crippen LogP contribution in [0.1, 0.15) is 29.8 Å². The van der Waals surface area contributed by atoms with Crippen LogP contribution in [0.5, 0.6) is 0 Å². The molecule has 0 bridgehead atoms. The van der Waals surface area contributed by atoms with Gasteiger partial charge in [0.15, 0.2) is 0 Å². The van der Waals surface area contributed by atoms with Gasteiger partial charge in [0.05, 0.1) is 29.1 Å². The molecule has 1 amide bonds. The van der Waals surface area contributed by atoms with E-state index in [0.717, 1.165) is 43.4 Å². The Morgan fingerprint density at radius 3 is 2.70 bits per heavy atom. The zero-order chi connectivity index (χ0) is 18.6. The summed E-state index contributed by atoms with van der Waals surface area (Å²) in [7, 11) is 0. The van der Waals surface area contributed by atoms with Crippen LogP contribution in [0.25, 0.3) is 11.0 Å². The summed E-state index contributed by atoms with van der Waals surface area (Å²) in [5.74, 6) is 1.43. The van der Waals surface area contributed by atoms with Crippen molar-refractivity contribution >= 4 is 16.9 Å². The number of aromatic nitrogens is 2. The number of aromatic amines is 1. The zero-order valence-electron chi connectivity index (χ0n) is 15.2. The van der Waals surface area contributed by atoms with Crippen molar-refractivity contribution in [1.82, 2.24) is 14.9 Å². The first-order valence-corrected chi connectivity index (χ1v) is 9.42. The standard InChI is InChI=1S/C22H22N4O/c23-15-18-6-7-19-20(13-18)25-21(24-19)14-22(27)26-10-8-17(9-11-26)12-16-4-2-1-3-5-16/h1-7,13,17H,8-12,14H2,(H,24,25). The Hall–Kier alpha value is -3.13. The Morgan fingerprint density at radius 2 is 1.96 bits per heavy atom. The molecule has 2 aromatic carbocycles. The largest absolute Gasteiger partial charge is 0.342 e. The summed E-state index contributed by atoms with van der Waals surface area (Å²) in [6.07, 6.45) is 3.46. The second-order valence-corrected chi connectivity index (χ2v) is 7.22. The highest BCUT2D eigenvalue weighted by Crippen LogP contribution is 2.22. The molecule has 5 nitrogen and oxygen atoms in total. The average Bonchev–Trinajstić information content (AvgIpc) is 3.10. The number of fused-ring (bicyclic) bond motifs is 1. The van der Waals surface area contributed by atoms with Gasteiger partial charge in [0.2, 0.25) is 5.91 Å². The van der Waals surface area contributed by atoms with E-state index in [-0.39, 0.29) is 12.3 Å². The van der Waals surface area contributed by atoms with E-state index in [9.17, 15) is 4.79 Å². The minimum atomic E-state index is 0.118. The molecular formula is C22H22N4O. The summed E-state index contributed by atoms with van der Waals surface area (Å²) in [5, 5.41) is 8.99. The van der Waals surface area contributed by atoms with Crippen LogP contribution in [-0.4, -0.2) is 33.9 Å². The first-order valence-electron chi connectivity index (χ1n) is 9.42. The molecule has 27 heavy (non-hydrogen) atoms. The van der Waals surface area contributed by atoms with E-state index in [2.05, 4.69) is 40.3 Å². The number of hydrogen-bond acceptors (Lipinski definition) is 3. The lowest BCUT2D eigenvalue weighted by molar-refractivity contribution is -0.131. The molecule has 0 spiro atoms. The van der Waals surface area contributed by atoms with E-state index < -0.39 is 0 Å². The fourth-order valence-corrected chi connectivity index (χ4v) is 3.80. The Labute approximate surface area is 158 Å². The number of imidazole rings is 1. The van der Waals surface area contributed by atoms with Crippen molar-refractivity contribution in [3.05, 3.63) is 65.5 Å². The predicted molar refractivity (Wildman–Crippen MR) is 104 cm³/mol. The van der Waals surface area contributed by atoms with Crippen molar-refractivity contribution in [2.24, 2.45) is 5.92 Å². The molecule has 1 aliphatic rings. The zero-order valence-corrected chi connectivity index (χ0v) is 15.2. The molecule has 1 aromatic heterocycles. The molecule has 0 saturated carbocycles. The van der Waals surface area contributed by atoms with E-state index in [1.165, 1.54) is 5.56 Å². The second kappa shape index (κ2) is 7.63. The van der Waals surface area contributed by atoms with Crippen LogP contribution in [0.2, 0.25) is 0 Å². The monoisotopic (exact) mass is 358 g/mol. The fourth-order valence-electron chi connectivity index (χ4n) is 3.80. The molecule has 3 aromatic rings. The van der Waals surface area contributed by atoms with Gasteiger partial charge in [0.25, 0.3) is 0 Å². The van der Waals surface area contributed by atoms with Crippen molar-refractivity contribution in [3.8, 4) is 6.07 Å². The molecule has 1 aliphatic heterocycles. The van der Waals surface area contributed by atoms with Gasteiger partial charge in [-0.05, 0) is 48.9 Å². The summed E-state index contributed by atoms with van der Waals surface area (Å²) in [5.41, 5.74) is 3.56. The average molecular weight is 358 g/mol. The first kappa shape index (κ1) is 17.3. The van der Waals surface area contributed by atoms with Crippen molar-refractivity contribution < 1.29 is 4.79 Å². The van der Waals surface area contributed by atoms with Crippen molar-refractivity contribution in [2.45, 2.75) is 25.7 Å². The van der Waals surface area contributed by atoms with Gasteiger partial charge in [0, 0.05) is 13.1 Å². The van der Waals surface area contributed by atoms with E-state index >= 15 is 0 Å². The Bertz CT molecular complexity index is 978. The number of amides is 1. The number of nitrogens with zero attached hydrogens (tertiary/aromatic N) is 3. The number of H-pyrrole nitrogens is 1. The maximum absolute atomic E-state index is 12.6. The minimum absolute atomic E-state index is 0.118. The van der Waals surface area contributed by atoms with Gasteiger partial charge in [0.1, 0.15) is 5.82 Å². The predicted octanol–water partition coefficient (Wildman–Crippen LogP) is 3.46. The van der Waals surface area contributed by atoms with E-state index in [0.29, 0.717) is 17.3 Å². The van der Waals surface area contributed by atoms with Crippen LogP contribution >= 0.6 is 0 Å². The maximum Gasteiger partial charge on any atom is 0.230 e. The number of nitriles is 1. The summed E-state index contributed by atoms with van der Waals surface area (Å²) in [6, 6.07) is 18.0. The quantitative estimate of drug-likeness (QED) is 0.776. The first-order chi connectivity index (χ1) is 13.2. The molecule has 136 valence electrons. The molecule has 5 heteroatoms. The van der Waals surface area contributed by atoms with Gasteiger partial charge in [-0.15, -0.1) is 0 Å². The summed E-state index contributed by atoms with van der Waals surface area (Å²) >= 11 is 0. The lowest BCUT2D eigenvalue weighted by Crippen LogP contribution is -2.39. The van der Waals surface area contributed by atoms with Crippen LogP contribution in [0.4, 0.5) is 0 Å². The summed E-state index contributed by atoms with van der Waals surface area (Å²) < 4.78 is 0. The number of carbonyl (C=O) groups excluding carboxylic acids is 1. The molecule has 1 N–H and O–H groups in total. The van der Waals surface area contributed by atoms with Crippen molar-refractivity contribution in [3.63, 3.8) is 0 Å². The number of nitrogens with one attached hydrogen (secondary N) is 1. The molecule has 0 radical (unpaired) electrons. The van der Waals surface area contributed by atoms with Crippen LogP contribution in [0.15, 0.2) is 48.5 Å². The van der Waals surface area contributed by atoms with Gasteiger partial charge in [-0.3, -0.25) is 4.79 Å². The number of piperidine rings is 1. The third-order valence-electron chi connectivity index (χ3n) is 5.31. The van der Waals surface area contributed by atoms with E-state index in [1.54, 1.807) is 12.1 Å². The normalized spacial score (nSPS) is 15.0. The SMILES string of the molecule is N#Cc1ccc2nc(CC(=O)N3CCC(Cc4ccccc4)CC3)[nH]c2c1. The van der Waals surface area contributed by atoms with Crippen LogP contribution in [0, 0.1) is 17.2 Å². The summed E-state index contributed by atoms with van der Waals surface area (Å²) in [4.78, 5) is 22.3. The second-order valence-electron chi connectivity index (χ2n) is 7.22. The smallest absolute Gasteiger partial charge is 0.230 e. The molecule has 0 unspecified atom stereocenters. The molecule has 0 aliphatic carbocycles. The molecule has 2 heterocycles. The van der Waals surface area contributed by atoms with Gasteiger partial charge >= 0.3 is 0 Å². The highest BCUT2D eigenvalue weighted by Gasteiger charge is 2.23. The Morgan fingerprint density at radius 1 is 1.19 bits per heavy atom. The number of hydrogen-bond donors (Lipinski definition) is 1. The molecule has 4 rings (SSSR count). The third kappa shape index (κ3) is 4.01. The third-order valence-corrected chi connectivity index (χ3v) is 5.31. The van der Waals surface area contributed by atoms with Crippen LogP contribution in [0.3, 0.4) is 0 Å². The topological polar surface area (TPSA) is 72.8 Å². The fraction of sp³-hybridized carbons (Fsp3) is 0.318. The van der Waals surface area contributed by atoms with E-state index in [4.69, 9.17) is 5.26 Å². The number of rotatable bonds is 4. The highest BCUT2D eigenvalue weighted by atomic mass is 16.2.